The molecule has 0 saturated heterocycles. The highest BCUT2D eigenvalue weighted by atomic mass is 32.2. The predicted molar refractivity (Wildman–Crippen MR) is 72.2 cm³/mol. The molecule has 1 heterocycles. The highest BCUT2D eigenvalue weighted by Crippen LogP contribution is 2.18. The molecule has 0 unspecified atom stereocenters. The first-order valence-corrected chi connectivity index (χ1v) is 7.73. The summed E-state index contributed by atoms with van der Waals surface area (Å²) in [5.74, 6) is 0.571. The Bertz CT molecular complexity index is 494. The Morgan fingerprint density at radius 2 is 2.05 bits per heavy atom. The molecule has 0 bridgehead atoms. The van der Waals surface area contributed by atoms with E-state index in [1.165, 1.54) is 6.07 Å². The second kappa shape index (κ2) is 6.51. The Labute approximate surface area is 114 Å². The molecule has 1 rings (SSSR count). The fourth-order valence-corrected chi connectivity index (χ4v) is 2.98. The molecule has 1 aromatic rings. The zero-order valence-corrected chi connectivity index (χ0v) is 12.4. The number of hydrogen-bond donors (Lipinski definition) is 3. The monoisotopic (exact) mass is 290 g/mol. The van der Waals surface area contributed by atoms with E-state index in [0.717, 1.165) is 6.54 Å². The fourth-order valence-electron chi connectivity index (χ4n) is 1.59. The van der Waals surface area contributed by atoms with Crippen LogP contribution in [0.5, 0.6) is 0 Å². The maximum Gasteiger partial charge on any atom is 0.274 e. The number of aliphatic hydroxyl groups excluding tert-OH is 1. The van der Waals surface area contributed by atoms with Crippen LogP contribution in [0.3, 0.4) is 0 Å². The normalized spacial score (nSPS) is 12.8. The molecule has 0 aliphatic rings. The SMILES string of the molecule is CCNCc1ccc(S(=O)(=O)NC(C)(C)CCO)o1. The lowest BCUT2D eigenvalue weighted by Crippen LogP contribution is -2.43. The van der Waals surface area contributed by atoms with Crippen LogP contribution in [0, 0.1) is 0 Å². The van der Waals surface area contributed by atoms with E-state index in [0.29, 0.717) is 18.7 Å². The van der Waals surface area contributed by atoms with Crippen molar-refractivity contribution in [1.82, 2.24) is 10.0 Å². The van der Waals surface area contributed by atoms with Gasteiger partial charge in [0.2, 0.25) is 5.09 Å². The lowest BCUT2D eigenvalue weighted by Gasteiger charge is -2.24. The molecule has 0 saturated carbocycles. The number of nitrogens with one attached hydrogen (secondary N) is 2. The molecule has 19 heavy (non-hydrogen) atoms. The van der Waals surface area contributed by atoms with E-state index in [4.69, 9.17) is 9.52 Å². The molecule has 7 heteroatoms. The van der Waals surface area contributed by atoms with E-state index in [1.54, 1.807) is 19.9 Å². The van der Waals surface area contributed by atoms with Gasteiger partial charge in [-0.3, -0.25) is 0 Å². The van der Waals surface area contributed by atoms with Gasteiger partial charge in [-0.2, -0.15) is 0 Å². The van der Waals surface area contributed by atoms with E-state index in [-0.39, 0.29) is 11.7 Å². The molecule has 0 radical (unpaired) electrons. The topological polar surface area (TPSA) is 91.6 Å². The lowest BCUT2D eigenvalue weighted by atomic mass is 10.0. The second-order valence-electron chi connectivity index (χ2n) is 4.96. The summed E-state index contributed by atoms with van der Waals surface area (Å²) in [5.41, 5.74) is -0.720. The van der Waals surface area contributed by atoms with Gasteiger partial charge < -0.3 is 14.8 Å². The minimum Gasteiger partial charge on any atom is -0.447 e. The Morgan fingerprint density at radius 3 is 2.63 bits per heavy atom. The molecule has 0 atom stereocenters. The largest absolute Gasteiger partial charge is 0.447 e. The molecular formula is C12H22N2O4S. The predicted octanol–water partition coefficient (Wildman–Crippen LogP) is 0.828. The summed E-state index contributed by atoms with van der Waals surface area (Å²) >= 11 is 0. The van der Waals surface area contributed by atoms with Gasteiger partial charge >= 0.3 is 0 Å². The molecule has 0 aliphatic carbocycles. The van der Waals surface area contributed by atoms with Crippen molar-refractivity contribution < 1.29 is 17.9 Å². The summed E-state index contributed by atoms with van der Waals surface area (Å²) in [5, 5.41) is 11.9. The molecule has 110 valence electrons. The summed E-state index contributed by atoms with van der Waals surface area (Å²) in [6, 6.07) is 3.07. The van der Waals surface area contributed by atoms with Gasteiger partial charge in [-0.05, 0) is 38.9 Å². The first-order chi connectivity index (χ1) is 8.80. The minimum absolute atomic E-state index is 0.0840. The average molecular weight is 290 g/mol. The zero-order valence-electron chi connectivity index (χ0n) is 11.6. The molecule has 0 aliphatic heterocycles. The van der Waals surface area contributed by atoms with Crippen LogP contribution >= 0.6 is 0 Å². The fraction of sp³-hybridized carbons (Fsp3) is 0.667. The number of hydrogen-bond acceptors (Lipinski definition) is 5. The van der Waals surface area contributed by atoms with Gasteiger partial charge in [0.05, 0.1) is 6.54 Å². The van der Waals surface area contributed by atoms with Crippen LogP contribution in [0.25, 0.3) is 0 Å². The van der Waals surface area contributed by atoms with Gasteiger partial charge in [0.15, 0.2) is 0 Å². The Hall–Kier alpha value is -0.890. The quantitative estimate of drug-likeness (QED) is 0.659. The van der Waals surface area contributed by atoms with Crippen LogP contribution in [0.1, 0.15) is 33.0 Å². The average Bonchev–Trinajstić information content (AvgIpc) is 2.73. The van der Waals surface area contributed by atoms with Gasteiger partial charge in [-0.25, -0.2) is 13.1 Å². The van der Waals surface area contributed by atoms with E-state index in [1.807, 2.05) is 6.92 Å². The third-order valence-corrected chi connectivity index (χ3v) is 4.17. The maximum absolute atomic E-state index is 12.1. The maximum atomic E-state index is 12.1. The molecule has 0 amide bonds. The van der Waals surface area contributed by atoms with Crippen LogP contribution in [0.15, 0.2) is 21.6 Å². The number of furan rings is 1. The van der Waals surface area contributed by atoms with Crippen molar-refractivity contribution >= 4 is 10.0 Å². The smallest absolute Gasteiger partial charge is 0.274 e. The molecular weight excluding hydrogens is 268 g/mol. The summed E-state index contributed by atoms with van der Waals surface area (Å²) in [6.07, 6.45) is 0.331. The van der Waals surface area contributed by atoms with Gasteiger partial charge in [0.25, 0.3) is 10.0 Å². The Kier molecular flexibility index (Phi) is 5.54. The van der Waals surface area contributed by atoms with E-state index in [2.05, 4.69) is 10.0 Å². The van der Waals surface area contributed by atoms with Crippen molar-refractivity contribution in [1.29, 1.82) is 0 Å². The molecule has 0 aromatic carbocycles. The Morgan fingerprint density at radius 1 is 1.37 bits per heavy atom. The van der Waals surface area contributed by atoms with E-state index >= 15 is 0 Å². The van der Waals surface area contributed by atoms with Crippen molar-refractivity contribution in [3.63, 3.8) is 0 Å². The first kappa shape index (κ1) is 16.2. The van der Waals surface area contributed by atoms with Crippen molar-refractivity contribution in [3.8, 4) is 0 Å². The molecule has 1 aromatic heterocycles. The van der Waals surface area contributed by atoms with Gasteiger partial charge in [0.1, 0.15) is 5.76 Å². The van der Waals surface area contributed by atoms with Crippen molar-refractivity contribution in [2.45, 2.75) is 44.4 Å². The van der Waals surface area contributed by atoms with Gasteiger partial charge in [-0.15, -0.1) is 0 Å². The van der Waals surface area contributed by atoms with Crippen LogP contribution < -0.4 is 10.0 Å². The third-order valence-electron chi connectivity index (χ3n) is 2.60. The summed E-state index contributed by atoms with van der Waals surface area (Å²) in [4.78, 5) is 0. The van der Waals surface area contributed by atoms with Crippen molar-refractivity contribution in [2.24, 2.45) is 0 Å². The number of sulfonamides is 1. The van der Waals surface area contributed by atoms with Gasteiger partial charge in [0, 0.05) is 12.1 Å². The number of aliphatic hydroxyl groups is 1. The molecule has 0 fully saturated rings. The second-order valence-corrected chi connectivity index (χ2v) is 6.58. The summed E-state index contributed by atoms with van der Waals surface area (Å²) < 4.78 is 32.0. The lowest BCUT2D eigenvalue weighted by molar-refractivity contribution is 0.245. The molecule has 3 N–H and O–H groups in total. The zero-order chi connectivity index (χ0) is 14.5. The first-order valence-electron chi connectivity index (χ1n) is 6.25. The minimum atomic E-state index is -3.70. The molecule has 0 spiro atoms. The van der Waals surface area contributed by atoms with Crippen LogP contribution in [-0.2, 0) is 16.6 Å². The number of rotatable bonds is 8. The highest BCUT2D eigenvalue weighted by Gasteiger charge is 2.27. The van der Waals surface area contributed by atoms with E-state index in [9.17, 15) is 8.42 Å². The van der Waals surface area contributed by atoms with Crippen LogP contribution in [-0.4, -0.2) is 32.2 Å². The standard InChI is InChI=1S/C12H22N2O4S/c1-4-13-9-10-5-6-11(18-10)19(16,17)14-12(2,3)7-8-15/h5-6,13-15H,4,7-9H2,1-3H3. The third kappa shape index (κ3) is 4.94. The van der Waals surface area contributed by atoms with Crippen molar-refractivity contribution in [2.75, 3.05) is 13.2 Å². The summed E-state index contributed by atoms with van der Waals surface area (Å²) in [7, 11) is -3.70. The van der Waals surface area contributed by atoms with E-state index < -0.39 is 15.6 Å². The van der Waals surface area contributed by atoms with Gasteiger partial charge in [-0.1, -0.05) is 6.92 Å². The molecule has 6 nitrogen and oxygen atoms in total. The van der Waals surface area contributed by atoms with Crippen LogP contribution in [0.2, 0.25) is 0 Å². The Balaban J connectivity index is 2.80. The summed E-state index contributed by atoms with van der Waals surface area (Å²) in [6.45, 7) is 6.57. The van der Waals surface area contributed by atoms with Crippen molar-refractivity contribution in [3.05, 3.63) is 17.9 Å². The van der Waals surface area contributed by atoms with Crippen LogP contribution in [0.4, 0.5) is 0 Å². The highest BCUT2D eigenvalue weighted by molar-refractivity contribution is 7.89.